The molecule has 2 heterocycles. The average Bonchev–Trinajstić information content (AvgIpc) is 2.87. The first-order valence-electron chi connectivity index (χ1n) is 7.34. The van der Waals surface area contributed by atoms with Crippen LogP contribution < -0.4 is 11.3 Å². The van der Waals surface area contributed by atoms with Crippen molar-refractivity contribution in [1.29, 1.82) is 0 Å². The molecule has 0 aromatic carbocycles. The van der Waals surface area contributed by atoms with Gasteiger partial charge < -0.3 is 19.8 Å². The molecule has 1 atom stereocenters. The summed E-state index contributed by atoms with van der Waals surface area (Å²) in [7, 11) is 0. The number of ether oxygens (including phenoxy) is 2. The van der Waals surface area contributed by atoms with Gasteiger partial charge in [0.1, 0.15) is 0 Å². The summed E-state index contributed by atoms with van der Waals surface area (Å²) in [6, 6.07) is 0. The third-order valence-corrected chi connectivity index (χ3v) is 3.30. The Labute approximate surface area is 137 Å². The van der Waals surface area contributed by atoms with Crippen LogP contribution in [0.25, 0.3) is 11.2 Å². The van der Waals surface area contributed by atoms with Gasteiger partial charge in [-0.2, -0.15) is 4.98 Å². The lowest BCUT2D eigenvalue weighted by Crippen LogP contribution is -2.21. The number of aromatic nitrogens is 4. The maximum atomic E-state index is 11.8. The molecular weight excluding hydrogens is 318 g/mol. The van der Waals surface area contributed by atoms with Crippen LogP contribution >= 0.6 is 0 Å². The number of anilines is 1. The second kappa shape index (κ2) is 7.57. The molecule has 2 aromatic heterocycles. The SMILES string of the molecule is CC(=O)OCCC(COC(C)=O)Cn1cnc2c(=O)[nH]c(N)nc21. The summed E-state index contributed by atoms with van der Waals surface area (Å²) < 4.78 is 11.6. The highest BCUT2D eigenvalue weighted by molar-refractivity contribution is 5.70. The average molecular weight is 337 g/mol. The van der Waals surface area contributed by atoms with E-state index in [9.17, 15) is 14.4 Å². The smallest absolute Gasteiger partial charge is 0.302 e. The Morgan fingerprint density at radius 1 is 1.33 bits per heavy atom. The topological polar surface area (TPSA) is 142 Å². The summed E-state index contributed by atoms with van der Waals surface area (Å²) in [4.78, 5) is 44.2. The van der Waals surface area contributed by atoms with E-state index in [-0.39, 0.29) is 36.6 Å². The molecule has 3 N–H and O–H groups in total. The molecule has 130 valence electrons. The molecule has 1 unspecified atom stereocenters. The summed E-state index contributed by atoms with van der Waals surface area (Å²) in [6.07, 6.45) is 1.95. The van der Waals surface area contributed by atoms with E-state index in [1.54, 1.807) is 4.57 Å². The Hall–Kier alpha value is -2.91. The molecule has 0 fully saturated rings. The highest BCUT2D eigenvalue weighted by Gasteiger charge is 2.16. The lowest BCUT2D eigenvalue weighted by atomic mass is 10.1. The number of carbonyl (C=O) groups excluding carboxylic acids is 2. The van der Waals surface area contributed by atoms with Crippen molar-refractivity contribution >= 4 is 29.1 Å². The number of imidazole rings is 1. The lowest BCUT2D eigenvalue weighted by Gasteiger charge is -2.17. The summed E-state index contributed by atoms with van der Waals surface area (Å²) >= 11 is 0. The molecule has 0 aliphatic heterocycles. The van der Waals surface area contributed by atoms with E-state index < -0.39 is 11.5 Å². The predicted octanol–water partition coefficient (Wildman–Crippen LogP) is -0.166. The molecule has 10 heteroatoms. The Balaban J connectivity index is 2.16. The second-order valence-corrected chi connectivity index (χ2v) is 5.32. The van der Waals surface area contributed by atoms with E-state index in [4.69, 9.17) is 15.2 Å². The summed E-state index contributed by atoms with van der Waals surface area (Å²) in [5, 5.41) is 0. The van der Waals surface area contributed by atoms with Gasteiger partial charge in [0.15, 0.2) is 11.2 Å². The van der Waals surface area contributed by atoms with Crippen molar-refractivity contribution in [3.63, 3.8) is 0 Å². The van der Waals surface area contributed by atoms with Crippen LogP contribution in [0.15, 0.2) is 11.1 Å². The van der Waals surface area contributed by atoms with Crippen molar-refractivity contribution in [2.75, 3.05) is 18.9 Å². The van der Waals surface area contributed by atoms with E-state index in [2.05, 4.69) is 15.0 Å². The van der Waals surface area contributed by atoms with Gasteiger partial charge in [0.25, 0.3) is 5.56 Å². The highest BCUT2D eigenvalue weighted by atomic mass is 16.5. The van der Waals surface area contributed by atoms with Crippen molar-refractivity contribution < 1.29 is 19.1 Å². The molecular formula is C14H19N5O5. The van der Waals surface area contributed by atoms with E-state index >= 15 is 0 Å². The summed E-state index contributed by atoms with van der Waals surface area (Å²) in [5.41, 5.74) is 5.66. The number of nitrogens with zero attached hydrogens (tertiary/aromatic N) is 3. The third kappa shape index (κ3) is 4.54. The van der Waals surface area contributed by atoms with E-state index in [1.807, 2.05) is 0 Å². The lowest BCUT2D eigenvalue weighted by molar-refractivity contribution is -0.145. The fourth-order valence-corrected chi connectivity index (χ4v) is 2.21. The van der Waals surface area contributed by atoms with Gasteiger partial charge >= 0.3 is 11.9 Å². The molecule has 2 aromatic rings. The van der Waals surface area contributed by atoms with Crippen LogP contribution in [-0.2, 0) is 25.6 Å². The first-order valence-corrected chi connectivity index (χ1v) is 7.34. The second-order valence-electron chi connectivity index (χ2n) is 5.32. The maximum Gasteiger partial charge on any atom is 0.302 e. The molecule has 2 rings (SSSR count). The number of carbonyl (C=O) groups is 2. The fraction of sp³-hybridized carbons (Fsp3) is 0.500. The number of nitrogens with one attached hydrogen (secondary N) is 1. The summed E-state index contributed by atoms with van der Waals surface area (Å²) in [6.45, 7) is 3.36. The van der Waals surface area contributed by atoms with E-state index in [1.165, 1.54) is 20.2 Å². The number of hydrogen-bond acceptors (Lipinski definition) is 8. The van der Waals surface area contributed by atoms with Crippen LogP contribution in [0.5, 0.6) is 0 Å². The summed E-state index contributed by atoms with van der Waals surface area (Å²) in [5.74, 6) is -0.934. The van der Waals surface area contributed by atoms with Crippen molar-refractivity contribution in [2.24, 2.45) is 5.92 Å². The van der Waals surface area contributed by atoms with Crippen molar-refractivity contribution in [2.45, 2.75) is 26.8 Å². The molecule has 0 bridgehead atoms. The molecule has 24 heavy (non-hydrogen) atoms. The van der Waals surface area contributed by atoms with Gasteiger partial charge in [-0.25, -0.2) is 4.98 Å². The van der Waals surface area contributed by atoms with Gasteiger partial charge in [-0.05, 0) is 6.42 Å². The number of esters is 2. The van der Waals surface area contributed by atoms with Crippen LogP contribution in [0.3, 0.4) is 0 Å². The van der Waals surface area contributed by atoms with Gasteiger partial charge in [0.05, 0.1) is 19.5 Å². The molecule has 0 spiro atoms. The molecule has 0 aliphatic carbocycles. The largest absolute Gasteiger partial charge is 0.466 e. The third-order valence-electron chi connectivity index (χ3n) is 3.30. The first-order chi connectivity index (χ1) is 11.4. The van der Waals surface area contributed by atoms with Crippen LogP contribution in [0.1, 0.15) is 20.3 Å². The quantitative estimate of drug-likeness (QED) is 0.663. The molecule has 0 radical (unpaired) electrons. The first kappa shape index (κ1) is 17.4. The minimum absolute atomic E-state index is 0.00861. The minimum Gasteiger partial charge on any atom is -0.466 e. The molecule has 0 saturated heterocycles. The van der Waals surface area contributed by atoms with Crippen molar-refractivity contribution in [3.05, 3.63) is 16.7 Å². The van der Waals surface area contributed by atoms with E-state index in [0.29, 0.717) is 18.6 Å². The van der Waals surface area contributed by atoms with Crippen LogP contribution in [0.4, 0.5) is 5.95 Å². The monoisotopic (exact) mass is 337 g/mol. The number of aromatic amines is 1. The van der Waals surface area contributed by atoms with Crippen LogP contribution in [0.2, 0.25) is 0 Å². The molecule has 0 aliphatic rings. The van der Waals surface area contributed by atoms with Gasteiger partial charge in [0, 0.05) is 26.3 Å². The van der Waals surface area contributed by atoms with Gasteiger partial charge in [0.2, 0.25) is 5.95 Å². The highest BCUT2D eigenvalue weighted by Crippen LogP contribution is 2.13. The number of nitrogens with two attached hydrogens (primary N) is 1. The predicted molar refractivity (Wildman–Crippen MR) is 83.9 cm³/mol. The number of nitrogen functional groups attached to an aromatic ring is 1. The van der Waals surface area contributed by atoms with Crippen LogP contribution in [0, 0.1) is 5.92 Å². The van der Waals surface area contributed by atoms with Gasteiger partial charge in [-0.15, -0.1) is 0 Å². The zero-order valence-corrected chi connectivity index (χ0v) is 13.4. The van der Waals surface area contributed by atoms with Gasteiger partial charge in [-0.3, -0.25) is 19.4 Å². The zero-order chi connectivity index (χ0) is 17.7. The molecule has 10 nitrogen and oxygen atoms in total. The molecule has 0 amide bonds. The standard InChI is InChI=1S/C14H19N5O5/c1-8(20)23-4-3-10(6-24-9(2)21)5-19-7-16-11-12(19)17-14(15)18-13(11)22/h7,10H,3-6H2,1-2H3,(H3,15,17,18,22). The molecule has 0 saturated carbocycles. The minimum atomic E-state index is -0.423. The number of fused-ring (bicyclic) bond motifs is 1. The number of hydrogen-bond donors (Lipinski definition) is 2. The van der Waals surface area contributed by atoms with Gasteiger partial charge in [-0.1, -0.05) is 0 Å². The van der Waals surface area contributed by atoms with Crippen LogP contribution in [-0.4, -0.2) is 44.7 Å². The number of H-pyrrole nitrogens is 1. The Morgan fingerprint density at radius 3 is 2.71 bits per heavy atom. The van der Waals surface area contributed by atoms with Crippen molar-refractivity contribution in [3.8, 4) is 0 Å². The Morgan fingerprint density at radius 2 is 2.04 bits per heavy atom. The zero-order valence-electron chi connectivity index (χ0n) is 13.4. The van der Waals surface area contributed by atoms with E-state index in [0.717, 1.165) is 0 Å². The maximum absolute atomic E-state index is 11.8. The number of rotatable bonds is 7. The Kier molecular flexibility index (Phi) is 5.51. The fourth-order valence-electron chi connectivity index (χ4n) is 2.21. The van der Waals surface area contributed by atoms with Crippen molar-refractivity contribution in [1.82, 2.24) is 19.5 Å². The normalized spacial score (nSPS) is 12.1. The Bertz CT molecular complexity index is 796.